The molecule has 0 bridgehead atoms. The number of nitrogens with one attached hydrogen (secondary N) is 1. The lowest BCUT2D eigenvalue weighted by Gasteiger charge is -2.39. The van der Waals surface area contributed by atoms with Crippen molar-refractivity contribution in [1.82, 2.24) is 15.1 Å². The zero-order valence-electron chi connectivity index (χ0n) is 23.8. The van der Waals surface area contributed by atoms with Crippen molar-refractivity contribution in [3.8, 4) is 0 Å². The number of amides is 3. The van der Waals surface area contributed by atoms with Crippen molar-refractivity contribution in [2.75, 3.05) is 32.7 Å². The Hall–Kier alpha value is -4.92. The van der Waals surface area contributed by atoms with Crippen LogP contribution in [0.1, 0.15) is 31.4 Å². The Kier molecular flexibility index (Phi) is 9.65. The first-order valence-electron chi connectivity index (χ1n) is 13.6. The quantitative estimate of drug-likeness (QED) is 0.269. The van der Waals surface area contributed by atoms with Crippen LogP contribution in [0.25, 0.3) is 0 Å². The van der Waals surface area contributed by atoms with E-state index >= 15 is 0 Å². The minimum Gasteiger partial charge on any atom is -0.445 e. The van der Waals surface area contributed by atoms with Gasteiger partial charge in [-0.25, -0.2) is 9.59 Å². The van der Waals surface area contributed by atoms with Gasteiger partial charge in [0.2, 0.25) is 5.91 Å². The van der Waals surface area contributed by atoms with Gasteiger partial charge in [-0.1, -0.05) is 0 Å². The molecule has 2 aliphatic heterocycles. The van der Waals surface area contributed by atoms with Crippen LogP contribution >= 0.6 is 0 Å². The lowest BCUT2D eigenvalue weighted by molar-refractivity contribution is -0.385. The first-order chi connectivity index (χ1) is 20.5. The summed E-state index contributed by atoms with van der Waals surface area (Å²) in [4.78, 5) is 67.4. The van der Waals surface area contributed by atoms with Gasteiger partial charge in [0.25, 0.3) is 11.4 Å². The van der Waals surface area contributed by atoms with Crippen LogP contribution in [0.5, 0.6) is 0 Å². The molecule has 0 aliphatic carbocycles. The van der Waals surface area contributed by atoms with Crippen LogP contribution in [0, 0.1) is 26.1 Å². The summed E-state index contributed by atoms with van der Waals surface area (Å²) >= 11 is 0. The van der Waals surface area contributed by atoms with Gasteiger partial charge in [-0.15, -0.1) is 0 Å². The zero-order valence-corrected chi connectivity index (χ0v) is 23.8. The maximum absolute atomic E-state index is 13.7. The second kappa shape index (κ2) is 13.4. The lowest BCUT2D eigenvalue weighted by atomic mass is 9.90. The number of nitrogens with zero attached hydrogens (tertiary/aromatic N) is 5. The fraction of sp³-hybridized carbons (Fsp3) is 0.429. The van der Waals surface area contributed by atoms with E-state index < -0.39 is 33.5 Å². The number of hydrogen-bond donors (Lipinski definition) is 1. The molecule has 2 fully saturated rings. The van der Waals surface area contributed by atoms with Crippen LogP contribution in [-0.4, -0.2) is 81.7 Å². The Morgan fingerprint density at radius 2 is 1.44 bits per heavy atom. The summed E-state index contributed by atoms with van der Waals surface area (Å²) in [6, 6.07) is 11.2. The number of likely N-dealkylation sites (tertiary alicyclic amines) is 1. The maximum atomic E-state index is 13.7. The molecule has 0 radical (unpaired) electrons. The Bertz CT molecular complexity index is 1410. The number of piperazine rings is 1. The van der Waals surface area contributed by atoms with Gasteiger partial charge >= 0.3 is 12.2 Å². The van der Waals surface area contributed by atoms with Crippen LogP contribution in [0.4, 0.5) is 21.0 Å². The average Bonchev–Trinajstić information content (AvgIpc) is 3.38. The molecule has 2 aromatic rings. The number of nitro groups is 2. The van der Waals surface area contributed by atoms with E-state index in [1.807, 2.05) is 0 Å². The van der Waals surface area contributed by atoms with E-state index in [1.54, 1.807) is 18.7 Å². The first kappa shape index (κ1) is 31.0. The van der Waals surface area contributed by atoms with E-state index in [0.717, 1.165) is 0 Å². The average molecular weight is 597 g/mol. The van der Waals surface area contributed by atoms with Crippen molar-refractivity contribution in [2.45, 2.75) is 39.0 Å². The van der Waals surface area contributed by atoms with E-state index in [9.17, 15) is 34.6 Å². The molecule has 15 nitrogen and oxygen atoms in total. The van der Waals surface area contributed by atoms with Crippen LogP contribution < -0.4 is 5.32 Å². The molecule has 2 saturated heterocycles. The van der Waals surface area contributed by atoms with Gasteiger partial charge < -0.3 is 19.7 Å². The van der Waals surface area contributed by atoms with Crippen molar-refractivity contribution in [2.24, 2.45) is 10.9 Å². The van der Waals surface area contributed by atoms with Gasteiger partial charge in [0.1, 0.15) is 18.8 Å². The van der Waals surface area contributed by atoms with Gasteiger partial charge in [-0.05, 0) is 55.7 Å². The Labute approximate surface area is 246 Å². The lowest BCUT2D eigenvalue weighted by Crippen LogP contribution is -2.59. The highest BCUT2D eigenvalue weighted by atomic mass is 16.6. The normalized spacial score (nSPS) is 20.4. The molecule has 3 amide bonds. The van der Waals surface area contributed by atoms with Crippen LogP contribution in [-0.2, 0) is 27.5 Å². The molecule has 2 atom stereocenters. The van der Waals surface area contributed by atoms with Gasteiger partial charge in [0, 0.05) is 68.6 Å². The molecule has 0 aromatic heterocycles. The Morgan fingerprint density at radius 3 is 1.95 bits per heavy atom. The van der Waals surface area contributed by atoms with Gasteiger partial charge in [0.05, 0.1) is 9.85 Å². The molecule has 1 N–H and O–H groups in total. The van der Waals surface area contributed by atoms with Crippen LogP contribution in [0.15, 0.2) is 53.5 Å². The summed E-state index contributed by atoms with van der Waals surface area (Å²) in [5.74, 6) is -0.687. The molecule has 2 aliphatic rings. The van der Waals surface area contributed by atoms with Crippen LogP contribution in [0.3, 0.4) is 0 Å². The standard InChI is InChI=1S/C28H32N6O9/c1-19(30-26(36)42-17-20-3-7-23(8-4-20)33(38)39)22-15-28(2,25(35)31-13-11-29-12-14-31)32(16-22)27(37)43-18-21-5-9-24(10-6-21)34(40)41/h3-10,22,29H,11-18H2,1-2H3/t22?,28-/m0/s1. The number of non-ortho nitro benzene ring substituents is 2. The van der Waals surface area contributed by atoms with E-state index in [-0.39, 0.29) is 43.5 Å². The minimum absolute atomic E-state index is 0.0678. The number of benzene rings is 2. The van der Waals surface area contributed by atoms with Gasteiger partial charge in [-0.3, -0.25) is 29.9 Å². The van der Waals surface area contributed by atoms with E-state index in [4.69, 9.17) is 9.47 Å². The second-order valence-electron chi connectivity index (χ2n) is 10.5. The van der Waals surface area contributed by atoms with E-state index in [1.165, 1.54) is 53.4 Å². The van der Waals surface area contributed by atoms with Crippen molar-refractivity contribution in [3.63, 3.8) is 0 Å². The molecule has 0 saturated carbocycles. The molecule has 43 heavy (non-hydrogen) atoms. The van der Waals surface area contributed by atoms with E-state index in [2.05, 4.69) is 10.3 Å². The molecule has 2 aromatic carbocycles. The number of ether oxygens (including phenoxy) is 2. The maximum Gasteiger partial charge on any atom is 0.433 e. The molecule has 2 heterocycles. The van der Waals surface area contributed by atoms with E-state index in [0.29, 0.717) is 43.0 Å². The van der Waals surface area contributed by atoms with Gasteiger partial charge in [0.15, 0.2) is 0 Å². The largest absolute Gasteiger partial charge is 0.445 e. The number of carbonyl (C=O) groups is 3. The van der Waals surface area contributed by atoms with Crippen molar-refractivity contribution >= 4 is 35.2 Å². The monoisotopic (exact) mass is 596 g/mol. The fourth-order valence-corrected chi connectivity index (χ4v) is 5.11. The molecule has 15 heteroatoms. The molecular formula is C28H32N6O9. The summed E-state index contributed by atoms with van der Waals surface area (Å²) in [7, 11) is 0. The first-order valence-corrected chi connectivity index (χ1v) is 13.6. The summed E-state index contributed by atoms with van der Waals surface area (Å²) in [6.45, 7) is 5.27. The van der Waals surface area contributed by atoms with Crippen molar-refractivity contribution < 1.29 is 33.7 Å². The zero-order chi connectivity index (χ0) is 31.1. The highest BCUT2D eigenvalue weighted by Gasteiger charge is 2.52. The summed E-state index contributed by atoms with van der Waals surface area (Å²) < 4.78 is 10.7. The molecule has 0 spiro atoms. The predicted octanol–water partition coefficient (Wildman–Crippen LogP) is 3.45. The van der Waals surface area contributed by atoms with Crippen LogP contribution in [0.2, 0.25) is 0 Å². The number of hydrogen-bond acceptors (Lipinski definition) is 10. The third-order valence-corrected chi connectivity index (χ3v) is 7.61. The highest BCUT2D eigenvalue weighted by Crippen LogP contribution is 2.36. The fourth-order valence-electron chi connectivity index (χ4n) is 5.11. The molecular weight excluding hydrogens is 564 g/mol. The van der Waals surface area contributed by atoms with Crippen molar-refractivity contribution in [3.05, 3.63) is 79.9 Å². The number of rotatable bonds is 8. The summed E-state index contributed by atoms with van der Waals surface area (Å²) in [6.07, 6.45) is -1.40. The second-order valence-corrected chi connectivity index (χ2v) is 10.5. The SMILES string of the molecule is CC(=NC(=O)OCc1ccc([N+](=O)[O-])cc1)C1CN(C(=O)OCc2ccc([N+](=O)[O-])cc2)[C@](C)(C(=O)N2CCNCC2)C1. The Balaban J connectivity index is 1.45. The molecule has 1 unspecified atom stereocenters. The molecule has 228 valence electrons. The molecule has 4 rings (SSSR count). The van der Waals surface area contributed by atoms with Gasteiger partial charge in [-0.2, -0.15) is 4.99 Å². The number of nitro benzene ring substituents is 2. The topological polar surface area (TPSA) is 187 Å². The minimum atomic E-state index is -1.27. The summed E-state index contributed by atoms with van der Waals surface area (Å²) in [5.41, 5.74) is 0.0153. The summed E-state index contributed by atoms with van der Waals surface area (Å²) in [5, 5.41) is 24.9. The predicted molar refractivity (Wildman–Crippen MR) is 152 cm³/mol. The highest BCUT2D eigenvalue weighted by molar-refractivity contribution is 5.97. The number of carbonyl (C=O) groups excluding carboxylic acids is 3. The Morgan fingerprint density at radius 1 is 0.930 bits per heavy atom. The van der Waals surface area contributed by atoms with Crippen molar-refractivity contribution in [1.29, 1.82) is 0 Å². The third-order valence-electron chi connectivity index (χ3n) is 7.61. The third kappa shape index (κ3) is 7.48. The number of aliphatic imine (C=N–C) groups is 1. The smallest absolute Gasteiger partial charge is 0.433 e.